The van der Waals surface area contributed by atoms with Crippen LogP contribution in [0.2, 0.25) is 0 Å². The summed E-state index contributed by atoms with van der Waals surface area (Å²) < 4.78 is 1.82. The minimum Gasteiger partial charge on any atom is -0.233 e. The van der Waals surface area contributed by atoms with E-state index < -0.39 is 0 Å². The van der Waals surface area contributed by atoms with Crippen molar-refractivity contribution in [1.29, 1.82) is 0 Å². The lowest BCUT2D eigenvalue weighted by Gasteiger charge is -2.08. The van der Waals surface area contributed by atoms with Gasteiger partial charge >= 0.3 is 0 Å². The van der Waals surface area contributed by atoms with Crippen LogP contribution in [-0.2, 0) is 6.42 Å². The van der Waals surface area contributed by atoms with E-state index in [4.69, 9.17) is 0 Å². The van der Waals surface area contributed by atoms with Gasteiger partial charge in [0.25, 0.3) is 0 Å². The fourth-order valence-electron chi connectivity index (χ4n) is 1.98. The fourth-order valence-corrected chi connectivity index (χ4v) is 1.98. The lowest BCUT2D eigenvalue weighted by molar-refractivity contribution is 0.842. The van der Waals surface area contributed by atoms with E-state index in [-0.39, 0.29) is 0 Å². The van der Waals surface area contributed by atoms with Crippen molar-refractivity contribution in [3.05, 3.63) is 54.5 Å². The second-order valence-corrected chi connectivity index (χ2v) is 3.96. The lowest BCUT2D eigenvalue weighted by atomic mass is 10.1. The second-order valence-electron chi connectivity index (χ2n) is 3.96. The molecule has 0 fully saturated rings. The Balaban J connectivity index is 2.35. The van der Waals surface area contributed by atoms with Gasteiger partial charge in [0, 0.05) is 23.5 Å². The van der Waals surface area contributed by atoms with Crippen molar-refractivity contribution < 1.29 is 0 Å². The molecule has 0 saturated heterocycles. The van der Waals surface area contributed by atoms with E-state index in [1.807, 2.05) is 23.0 Å². The fraction of sp³-hybridized carbons (Fsp3) is 0.143. The van der Waals surface area contributed by atoms with Gasteiger partial charge in [0.05, 0.1) is 0 Å². The van der Waals surface area contributed by atoms with E-state index in [1.54, 1.807) is 6.20 Å². The number of aryl methyl sites for hydroxylation is 1. The number of nitrogens with zero attached hydrogens (tertiary/aromatic N) is 3. The minimum atomic E-state index is 0.907. The summed E-state index contributed by atoms with van der Waals surface area (Å²) in [7, 11) is 0. The molecule has 0 radical (unpaired) electrons. The molecule has 0 aliphatic rings. The Morgan fingerprint density at radius 1 is 1.18 bits per heavy atom. The van der Waals surface area contributed by atoms with Crippen LogP contribution in [0.25, 0.3) is 16.6 Å². The van der Waals surface area contributed by atoms with Crippen LogP contribution in [0.1, 0.15) is 12.6 Å². The van der Waals surface area contributed by atoms with Crippen molar-refractivity contribution in [2.24, 2.45) is 0 Å². The highest BCUT2D eigenvalue weighted by molar-refractivity contribution is 5.88. The van der Waals surface area contributed by atoms with Crippen molar-refractivity contribution in [3.8, 4) is 5.82 Å². The molecule has 0 bridgehead atoms. The Morgan fingerprint density at radius 2 is 2.06 bits per heavy atom. The van der Waals surface area contributed by atoms with Crippen LogP contribution < -0.4 is 0 Å². The molecule has 84 valence electrons. The maximum Gasteiger partial charge on any atom is 0.161 e. The number of benzene rings is 1. The highest BCUT2D eigenvalue weighted by Gasteiger charge is 2.06. The number of fused-ring (bicyclic) bond motifs is 1. The molecular formula is C14H13N3. The number of aromatic nitrogens is 3. The van der Waals surface area contributed by atoms with Crippen LogP contribution in [0.4, 0.5) is 0 Å². The monoisotopic (exact) mass is 223 g/mol. The molecule has 2 aromatic heterocycles. The average molecular weight is 223 g/mol. The molecule has 1 aromatic carbocycles. The molecule has 0 spiro atoms. The van der Waals surface area contributed by atoms with E-state index in [0.717, 1.165) is 23.3 Å². The smallest absolute Gasteiger partial charge is 0.161 e. The van der Waals surface area contributed by atoms with Gasteiger partial charge < -0.3 is 0 Å². The summed E-state index contributed by atoms with van der Waals surface area (Å²) in [5, 5.41) is 6.61. The Hall–Kier alpha value is -2.16. The summed E-state index contributed by atoms with van der Waals surface area (Å²) in [6, 6.07) is 12.3. The summed E-state index contributed by atoms with van der Waals surface area (Å²) in [5.74, 6) is 0.907. The summed E-state index contributed by atoms with van der Waals surface area (Å²) in [4.78, 5) is 4.66. The van der Waals surface area contributed by atoms with Gasteiger partial charge in [-0.3, -0.25) is 0 Å². The first kappa shape index (κ1) is 10.0. The van der Waals surface area contributed by atoms with E-state index in [9.17, 15) is 0 Å². The Morgan fingerprint density at radius 3 is 2.82 bits per heavy atom. The topological polar surface area (TPSA) is 30.7 Å². The van der Waals surface area contributed by atoms with Crippen molar-refractivity contribution >= 4 is 10.8 Å². The lowest BCUT2D eigenvalue weighted by Crippen LogP contribution is -2.01. The predicted molar refractivity (Wildman–Crippen MR) is 68.2 cm³/mol. The highest BCUT2D eigenvalue weighted by atomic mass is 15.3. The van der Waals surface area contributed by atoms with Gasteiger partial charge in [0.1, 0.15) is 0 Å². The molecule has 0 N–H and O–H groups in total. The summed E-state index contributed by atoms with van der Waals surface area (Å²) in [6.07, 6.45) is 4.63. The number of hydrogen-bond acceptors (Lipinski definition) is 2. The van der Waals surface area contributed by atoms with E-state index in [1.165, 1.54) is 5.39 Å². The maximum atomic E-state index is 4.66. The quantitative estimate of drug-likeness (QED) is 0.668. The molecule has 2 heterocycles. The molecular weight excluding hydrogens is 210 g/mol. The van der Waals surface area contributed by atoms with Gasteiger partial charge in [-0.1, -0.05) is 31.2 Å². The minimum absolute atomic E-state index is 0.907. The Kier molecular flexibility index (Phi) is 2.37. The van der Waals surface area contributed by atoms with Gasteiger partial charge in [0.15, 0.2) is 5.82 Å². The molecule has 0 aliphatic carbocycles. The molecule has 0 unspecified atom stereocenters. The Labute approximate surface area is 99.7 Å². The highest BCUT2D eigenvalue weighted by Crippen LogP contribution is 2.21. The van der Waals surface area contributed by atoms with Crippen LogP contribution >= 0.6 is 0 Å². The largest absolute Gasteiger partial charge is 0.233 e. The van der Waals surface area contributed by atoms with Gasteiger partial charge in [-0.15, -0.1) is 0 Å². The zero-order chi connectivity index (χ0) is 11.7. The van der Waals surface area contributed by atoms with Gasteiger partial charge in [-0.05, 0) is 23.9 Å². The van der Waals surface area contributed by atoms with Crippen LogP contribution in [0.5, 0.6) is 0 Å². The molecule has 3 nitrogen and oxygen atoms in total. The van der Waals surface area contributed by atoms with Crippen LogP contribution in [-0.4, -0.2) is 14.8 Å². The zero-order valence-electron chi connectivity index (χ0n) is 9.67. The van der Waals surface area contributed by atoms with Crippen molar-refractivity contribution in [2.75, 3.05) is 0 Å². The van der Waals surface area contributed by atoms with Gasteiger partial charge in [0.2, 0.25) is 0 Å². The van der Waals surface area contributed by atoms with Crippen LogP contribution in [0.15, 0.2) is 48.8 Å². The van der Waals surface area contributed by atoms with E-state index in [0.29, 0.717) is 0 Å². The van der Waals surface area contributed by atoms with Crippen LogP contribution in [0.3, 0.4) is 0 Å². The molecule has 3 rings (SSSR count). The number of hydrogen-bond donors (Lipinski definition) is 0. The predicted octanol–water partition coefficient (Wildman–Crippen LogP) is 2.98. The SMILES string of the molecule is CCc1cc2ccccc2c(-n2cccn2)n1. The molecule has 3 heteroatoms. The Bertz CT molecular complexity index is 642. The average Bonchev–Trinajstić information content (AvgIpc) is 2.91. The first-order valence-corrected chi connectivity index (χ1v) is 5.77. The van der Waals surface area contributed by atoms with Crippen molar-refractivity contribution in [3.63, 3.8) is 0 Å². The zero-order valence-corrected chi connectivity index (χ0v) is 9.67. The molecule has 0 amide bonds. The van der Waals surface area contributed by atoms with Crippen molar-refractivity contribution in [1.82, 2.24) is 14.8 Å². The van der Waals surface area contributed by atoms with Crippen molar-refractivity contribution in [2.45, 2.75) is 13.3 Å². The van der Waals surface area contributed by atoms with Gasteiger partial charge in [-0.25, -0.2) is 9.67 Å². The molecule has 0 saturated carbocycles. The normalized spacial score (nSPS) is 10.9. The molecule has 0 aliphatic heterocycles. The molecule has 17 heavy (non-hydrogen) atoms. The summed E-state index contributed by atoms with van der Waals surface area (Å²) in [6.45, 7) is 2.12. The molecule has 3 aromatic rings. The summed E-state index contributed by atoms with van der Waals surface area (Å²) >= 11 is 0. The number of pyridine rings is 1. The third kappa shape index (κ3) is 1.69. The van der Waals surface area contributed by atoms with E-state index >= 15 is 0 Å². The van der Waals surface area contributed by atoms with E-state index in [2.05, 4.69) is 41.3 Å². The molecule has 0 atom stereocenters. The first-order valence-electron chi connectivity index (χ1n) is 5.77. The number of rotatable bonds is 2. The third-order valence-electron chi connectivity index (χ3n) is 2.86. The standard InChI is InChI=1S/C14H13N3/c1-2-12-10-11-6-3-4-7-13(11)14(16-12)17-9-5-8-15-17/h3-10H,2H2,1H3. The second kappa shape index (κ2) is 4.01. The van der Waals surface area contributed by atoms with Gasteiger partial charge in [-0.2, -0.15) is 5.10 Å². The first-order chi connectivity index (χ1) is 8.38. The maximum absolute atomic E-state index is 4.66. The summed E-state index contributed by atoms with van der Waals surface area (Å²) in [5.41, 5.74) is 1.09. The van der Waals surface area contributed by atoms with Crippen LogP contribution in [0, 0.1) is 0 Å². The third-order valence-corrected chi connectivity index (χ3v) is 2.86.